The SMILES string of the molecule is Cc1cc(N2CCC(CC(=O)O)C2)ccc1C#N. The number of aryl methyl sites for hydroxylation is 1. The molecule has 4 heteroatoms. The number of hydrogen-bond acceptors (Lipinski definition) is 3. The second-order valence-corrected chi connectivity index (χ2v) is 4.81. The van der Waals surface area contributed by atoms with Crippen LogP contribution in [0, 0.1) is 24.2 Å². The van der Waals surface area contributed by atoms with Crippen LogP contribution in [-0.4, -0.2) is 24.2 Å². The molecule has 0 aliphatic carbocycles. The number of aliphatic carboxylic acids is 1. The van der Waals surface area contributed by atoms with Crippen LogP contribution < -0.4 is 4.90 Å². The lowest BCUT2D eigenvalue weighted by Gasteiger charge is -2.19. The lowest BCUT2D eigenvalue weighted by molar-refractivity contribution is -0.137. The van der Waals surface area contributed by atoms with Crippen LogP contribution in [0.3, 0.4) is 0 Å². The maximum absolute atomic E-state index is 10.7. The van der Waals surface area contributed by atoms with Gasteiger partial charge < -0.3 is 10.0 Å². The van der Waals surface area contributed by atoms with Crippen molar-refractivity contribution in [1.82, 2.24) is 0 Å². The first-order valence-electron chi connectivity index (χ1n) is 6.07. The number of carboxylic acid groups (broad SMARTS) is 1. The van der Waals surface area contributed by atoms with Crippen LogP contribution in [0.1, 0.15) is 24.0 Å². The van der Waals surface area contributed by atoms with E-state index in [4.69, 9.17) is 10.4 Å². The number of nitriles is 1. The molecule has 1 unspecified atom stereocenters. The van der Waals surface area contributed by atoms with Crippen LogP contribution >= 0.6 is 0 Å². The molecule has 1 N–H and O–H groups in total. The van der Waals surface area contributed by atoms with E-state index in [1.807, 2.05) is 25.1 Å². The molecule has 1 aromatic carbocycles. The molecule has 1 atom stereocenters. The molecule has 1 aromatic rings. The maximum Gasteiger partial charge on any atom is 0.303 e. The average molecular weight is 244 g/mol. The minimum absolute atomic E-state index is 0.235. The fourth-order valence-corrected chi connectivity index (χ4v) is 2.45. The Morgan fingerprint density at radius 1 is 1.61 bits per heavy atom. The lowest BCUT2D eigenvalue weighted by atomic mass is 10.1. The molecule has 1 heterocycles. The third-order valence-corrected chi connectivity index (χ3v) is 3.44. The Balaban J connectivity index is 2.08. The molecule has 18 heavy (non-hydrogen) atoms. The highest BCUT2D eigenvalue weighted by molar-refractivity contribution is 5.67. The molecule has 0 spiro atoms. The third kappa shape index (κ3) is 2.62. The minimum Gasteiger partial charge on any atom is -0.481 e. The average Bonchev–Trinajstić information content (AvgIpc) is 2.76. The van der Waals surface area contributed by atoms with E-state index in [1.54, 1.807) is 0 Å². The highest BCUT2D eigenvalue weighted by atomic mass is 16.4. The molecule has 1 saturated heterocycles. The summed E-state index contributed by atoms with van der Waals surface area (Å²) < 4.78 is 0. The topological polar surface area (TPSA) is 64.3 Å². The zero-order valence-corrected chi connectivity index (χ0v) is 10.4. The molecule has 0 amide bonds. The van der Waals surface area contributed by atoms with E-state index in [9.17, 15) is 4.79 Å². The van der Waals surface area contributed by atoms with Gasteiger partial charge in [0.1, 0.15) is 0 Å². The molecule has 0 aromatic heterocycles. The third-order valence-electron chi connectivity index (χ3n) is 3.44. The Kier molecular flexibility index (Phi) is 3.52. The Hall–Kier alpha value is -2.02. The predicted molar refractivity (Wildman–Crippen MR) is 68.5 cm³/mol. The van der Waals surface area contributed by atoms with Gasteiger partial charge in [-0.05, 0) is 43.0 Å². The first kappa shape index (κ1) is 12.4. The van der Waals surface area contributed by atoms with Gasteiger partial charge in [-0.15, -0.1) is 0 Å². The normalized spacial score (nSPS) is 18.7. The molecule has 1 fully saturated rings. The van der Waals surface area contributed by atoms with E-state index in [2.05, 4.69) is 11.0 Å². The summed E-state index contributed by atoms with van der Waals surface area (Å²) in [6, 6.07) is 7.92. The zero-order chi connectivity index (χ0) is 13.1. The fourth-order valence-electron chi connectivity index (χ4n) is 2.45. The molecular weight excluding hydrogens is 228 g/mol. The van der Waals surface area contributed by atoms with E-state index >= 15 is 0 Å². The van der Waals surface area contributed by atoms with Gasteiger partial charge in [0.05, 0.1) is 11.6 Å². The summed E-state index contributed by atoms with van der Waals surface area (Å²) in [6.07, 6.45) is 1.16. The number of carbonyl (C=O) groups is 1. The fraction of sp³-hybridized carbons (Fsp3) is 0.429. The van der Waals surface area contributed by atoms with Gasteiger partial charge in [-0.2, -0.15) is 5.26 Å². The van der Waals surface area contributed by atoms with Gasteiger partial charge in [0.15, 0.2) is 0 Å². The van der Waals surface area contributed by atoms with Crippen molar-refractivity contribution in [3.63, 3.8) is 0 Å². The van der Waals surface area contributed by atoms with Gasteiger partial charge in [-0.3, -0.25) is 4.79 Å². The van der Waals surface area contributed by atoms with Crippen LogP contribution in [-0.2, 0) is 4.79 Å². The quantitative estimate of drug-likeness (QED) is 0.885. The van der Waals surface area contributed by atoms with Crippen molar-refractivity contribution in [1.29, 1.82) is 5.26 Å². The van der Waals surface area contributed by atoms with E-state index in [1.165, 1.54) is 0 Å². The van der Waals surface area contributed by atoms with Crippen LogP contribution in [0.5, 0.6) is 0 Å². The van der Waals surface area contributed by atoms with E-state index in [-0.39, 0.29) is 12.3 Å². The predicted octanol–water partition coefficient (Wildman–Crippen LogP) is 2.17. The molecule has 0 bridgehead atoms. The van der Waals surface area contributed by atoms with Crippen molar-refractivity contribution in [2.75, 3.05) is 18.0 Å². The lowest BCUT2D eigenvalue weighted by Crippen LogP contribution is -2.20. The number of hydrogen-bond donors (Lipinski definition) is 1. The second kappa shape index (κ2) is 5.09. The number of nitrogens with zero attached hydrogens (tertiary/aromatic N) is 2. The highest BCUT2D eigenvalue weighted by Crippen LogP contribution is 2.27. The molecule has 0 saturated carbocycles. The Morgan fingerprint density at radius 2 is 2.39 bits per heavy atom. The number of rotatable bonds is 3. The van der Waals surface area contributed by atoms with Gasteiger partial charge in [-0.25, -0.2) is 0 Å². The first-order chi connectivity index (χ1) is 8.60. The van der Waals surface area contributed by atoms with Crippen molar-refractivity contribution in [2.24, 2.45) is 5.92 Å². The molecule has 1 aliphatic rings. The highest BCUT2D eigenvalue weighted by Gasteiger charge is 2.24. The first-order valence-corrected chi connectivity index (χ1v) is 6.07. The van der Waals surface area contributed by atoms with Gasteiger partial charge in [0, 0.05) is 25.2 Å². The monoisotopic (exact) mass is 244 g/mol. The van der Waals surface area contributed by atoms with Crippen molar-refractivity contribution >= 4 is 11.7 Å². The summed E-state index contributed by atoms with van der Waals surface area (Å²) >= 11 is 0. The van der Waals surface area contributed by atoms with Crippen LogP contribution in [0.15, 0.2) is 18.2 Å². The number of carboxylic acids is 1. The molecule has 94 valence electrons. The minimum atomic E-state index is -0.724. The van der Waals surface area contributed by atoms with E-state index in [0.29, 0.717) is 5.56 Å². The molecular formula is C14H16N2O2. The smallest absolute Gasteiger partial charge is 0.303 e. The van der Waals surface area contributed by atoms with Crippen molar-refractivity contribution in [3.8, 4) is 6.07 Å². The van der Waals surface area contributed by atoms with Crippen molar-refractivity contribution < 1.29 is 9.90 Å². The zero-order valence-electron chi connectivity index (χ0n) is 10.4. The van der Waals surface area contributed by atoms with Crippen molar-refractivity contribution in [2.45, 2.75) is 19.8 Å². The van der Waals surface area contributed by atoms with Gasteiger partial charge >= 0.3 is 5.97 Å². The molecule has 4 nitrogen and oxygen atoms in total. The van der Waals surface area contributed by atoms with Gasteiger partial charge in [0.25, 0.3) is 0 Å². The Morgan fingerprint density at radius 3 is 3.00 bits per heavy atom. The van der Waals surface area contributed by atoms with Crippen LogP contribution in [0.4, 0.5) is 5.69 Å². The summed E-state index contributed by atoms with van der Waals surface area (Å²) in [5.41, 5.74) is 2.75. The Labute approximate surface area is 106 Å². The second-order valence-electron chi connectivity index (χ2n) is 4.81. The van der Waals surface area contributed by atoms with Gasteiger partial charge in [-0.1, -0.05) is 0 Å². The van der Waals surface area contributed by atoms with E-state index < -0.39 is 5.97 Å². The summed E-state index contributed by atoms with van der Waals surface area (Å²) in [4.78, 5) is 12.9. The van der Waals surface area contributed by atoms with Crippen molar-refractivity contribution in [3.05, 3.63) is 29.3 Å². The number of anilines is 1. The molecule has 2 rings (SSSR count). The summed E-state index contributed by atoms with van der Waals surface area (Å²) in [5.74, 6) is -0.490. The summed E-state index contributed by atoms with van der Waals surface area (Å²) in [7, 11) is 0. The summed E-state index contributed by atoms with van der Waals surface area (Å²) in [5, 5.41) is 17.7. The standard InChI is InChI=1S/C14H16N2O2/c1-10-6-13(3-2-12(10)8-15)16-5-4-11(9-16)7-14(17)18/h2-3,6,11H,4-5,7,9H2,1H3,(H,17,18). The van der Waals surface area contributed by atoms with E-state index in [0.717, 1.165) is 30.8 Å². The van der Waals surface area contributed by atoms with Crippen LogP contribution in [0.25, 0.3) is 0 Å². The largest absolute Gasteiger partial charge is 0.481 e. The maximum atomic E-state index is 10.7. The molecule has 1 aliphatic heterocycles. The summed E-state index contributed by atoms with van der Waals surface area (Å²) in [6.45, 7) is 3.60. The molecule has 0 radical (unpaired) electrons. The van der Waals surface area contributed by atoms with Crippen LogP contribution in [0.2, 0.25) is 0 Å². The van der Waals surface area contributed by atoms with Gasteiger partial charge in [0.2, 0.25) is 0 Å². The number of benzene rings is 1. The Bertz CT molecular complexity index is 505.